The van der Waals surface area contributed by atoms with Gasteiger partial charge in [0.05, 0.1) is 5.92 Å². The number of carbonyl (C=O) groups is 2. The van der Waals surface area contributed by atoms with Crippen LogP contribution in [0, 0.1) is 11.8 Å². The summed E-state index contributed by atoms with van der Waals surface area (Å²) < 4.78 is 0. The Morgan fingerprint density at radius 2 is 1.62 bits per heavy atom. The van der Waals surface area contributed by atoms with E-state index in [1.54, 1.807) is 6.20 Å². The van der Waals surface area contributed by atoms with Crippen LogP contribution in [0.15, 0.2) is 42.6 Å². The van der Waals surface area contributed by atoms with E-state index in [4.69, 9.17) is 0 Å². The minimum absolute atomic E-state index is 0.0484. The molecule has 1 N–H and O–H groups in total. The molecule has 3 fully saturated rings. The number of hydrogen-bond donors (Lipinski definition) is 1. The van der Waals surface area contributed by atoms with Crippen molar-refractivity contribution in [3.63, 3.8) is 0 Å². The Hall–Kier alpha value is -2.96. The number of benzene rings is 1. The zero-order valence-corrected chi connectivity index (χ0v) is 19.9. The number of anilines is 2. The lowest BCUT2D eigenvalue weighted by Crippen LogP contribution is -2.41. The van der Waals surface area contributed by atoms with E-state index in [1.165, 1.54) is 24.8 Å². The standard InChI is InChI=1S/C27H35N5O2/c33-26(23-14-18-32(19-23)25-7-4-15-28-30-25)29-24-10-8-20(9-11-24)21-12-16-31(17-13-21)27(34)22-5-2-1-3-6-22/h4,7-11,15,21-23H,1-3,5-6,12-14,16-19H2,(H,29,33)/t23-/m0/s1. The number of likely N-dealkylation sites (tertiary alicyclic amines) is 1. The molecule has 0 spiro atoms. The normalized spacial score (nSPS) is 22.1. The first-order chi connectivity index (χ1) is 16.7. The van der Waals surface area contributed by atoms with Crippen molar-refractivity contribution in [1.29, 1.82) is 0 Å². The van der Waals surface area contributed by atoms with Gasteiger partial charge in [0, 0.05) is 44.0 Å². The summed E-state index contributed by atoms with van der Waals surface area (Å²) in [6, 6.07) is 12.1. The third kappa shape index (κ3) is 5.24. The summed E-state index contributed by atoms with van der Waals surface area (Å²) in [5.41, 5.74) is 2.15. The lowest BCUT2D eigenvalue weighted by molar-refractivity contribution is -0.137. The highest BCUT2D eigenvalue weighted by atomic mass is 16.2. The molecule has 2 amide bonds. The SMILES string of the molecule is O=C(Nc1ccc(C2CCN(C(=O)C3CCCCC3)CC2)cc1)[C@H]1CCN(c2cccnn2)C1. The number of piperidine rings is 1. The fourth-order valence-corrected chi connectivity index (χ4v) is 5.77. The van der Waals surface area contributed by atoms with E-state index in [0.717, 1.165) is 63.2 Å². The molecule has 5 rings (SSSR count). The number of nitrogens with one attached hydrogen (secondary N) is 1. The molecule has 34 heavy (non-hydrogen) atoms. The fourth-order valence-electron chi connectivity index (χ4n) is 5.77. The van der Waals surface area contributed by atoms with Crippen LogP contribution in [0.1, 0.15) is 62.8 Å². The molecule has 0 bridgehead atoms. The van der Waals surface area contributed by atoms with Crippen molar-refractivity contribution in [2.75, 3.05) is 36.4 Å². The van der Waals surface area contributed by atoms with Gasteiger partial charge in [-0.15, -0.1) is 5.10 Å². The number of amides is 2. The second-order valence-electron chi connectivity index (χ2n) is 10.1. The molecule has 0 unspecified atom stereocenters. The van der Waals surface area contributed by atoms with Crippen LogP contribution < -0.4 is 10.2 Å². The summed E-state index contributed by atoms with van der Waals surface area (Å²) in [5.74, 6) is 1.98. The van der Waals surface area contributed by atoms with Crippen LogP contribution in [-0.4, -0.2) is 53.1 Å². The van der Waals surface area contributed by atoms with Gasteiger partial charge in [-0.2, -0.15) is 5.10 Å². The van der Waals surface area contributed by atoms with E-state index in [1.807, 2.05) is 24.3 Å². The molecular formula is C27H35N5O2. The van der Waals surface area contributed by atoms with E-state index in [0.29, 0.717) is 18.4 Å². The van der Waals surface area contributed by atoms with Crippen LogP contribution in [0.2, 0.25) is 0 Å². The molecule has 1 aromatic carbocycles. The molecule has 2 saturated heterocycles. The van der Waals surface area contributed by atoms with Crippen molar-refractivity contribution in [3.05, 3.63) is 48.2 Å². The summed E-state index contributed by atoms with van der Waals surface area (Å²) >= 11 is 0. The van der Waals surface area contributed by atoms with Gasteiger partial charge in [0.2, 0.25) is 11.8 Å². The highest BCUT2D eigenvalue weighted by molar-refractivity contribution is 5.93. The molecule has 7 heteroatoms. The van der Waals surface area contributed by atoms with Crippen LogP contribution >= 0.6 is 0 Å². The lowest BCUT2D eigenvalue weighted by atomic mass is 9.86. The van der Waals surface area contributed by atoms with E-state index in [9.17, 15) is 9.59 Å². The second kappa shape index (κ2) is 10.5. The summed E-state index contributed by atoms with van der Waals surface area (Å²) in [6.07, 6.45) is 10.4. The van der Waals surface area contributed by atoms with Gasteiger partial charge in [-0.05, 0) is 67.9 Å². The van der Waals surface area contributed by atoms with Crippen LogP contribution in [0.5, 0.6) is 0 Å². The number of rotatable bonds is 5. The Morgan fingerprint density at radius 3 is 2.32 bits per heavy atom. The molecule has 1 atom stereocenters. The molecule has 2 aromatic rings. The molecule has 1 aliphatic carbocycles. The van der Waals surface area contributed by atoms with Gasteiger partial charge in [0.25, 0.3) is 0 Å². The quantitative estimate of drug-likeness (QED) is 0.721. The fraction of sp³-hybridized carbons (Fsp3) is 0.556. The minimum Gasteiger partial charge on any atom is -0.354 e. The van der Waals surface area contributed by atoms with Gasteiger partial charge in [0.15, 0.2) is 5.82 Å². The van der Waals surface area contributed by atoms with Crippen molar-refractivity contribution >= 4 is 23.3 Å². The Labute approximate surface area is 201 Å². The molecule has 3 aliphatic rings. The Kier molecular flexibility index (Phi) is 7.07. The predicted octanol–water partition coefficient (Wildman–Crippen LogP) is 4.23. The van der Waals surface area contributed by atoms with Crippen LogP contribution in [0.25, 0.3) is 0 Å². The van der Waals surface area contributed by atoms with Gasteiger partial charge >= 0.3 is 0 Å². The van der Waals surface area contributed by atoms with Crippen molar-refractivity contribution in [3.8, 4) is 0 Å². The predicted molar refractivity (Wildman–Crippen MR) is 133 cm³/mol. The Morgan fingerprint density at radius 1 is 0.853 bits per heavy atom. The van der Waals surface area contributed by atoms with Gasteiger partial charge in [-0.25, -0.2) is 0 Å². The highest BCUT2D eigenvalue weighted by Crippen LogP contribution is 2.32. The average molecular weight is 462 g/mol. The first-order valence-corrected chi connectivity index (χ1v) is 12.9. The van der Waals surface area contributed by atoms with E-state index < -0.39 is 0 Å². The molecule has 1 aromatic heterocycles. The molecule has 2 aliphatic heterocycles. The number of carbonyl (C=O) groups excluding carboxylic acids is 2. The Balaban J connectivity index is 1.10. The number of hydrogen-bond acceptors (Lipinski definition) is 5. The van der Waals surface area contributed by atoms with Crippen molar-refractivity contribution < 1.29 is 9.59 Å². The largest absolute Gasteiger partial charge is 0.354 e. The minimum atomic E-state index is -0.0484. The smallest absolute Gasteiger partial charge is 0.229 e. The van der Waals surface area contributed by atoms with Crippen LogP contribution in [0.4, 0.5) is 11.5 Å². The third-order valence-corrected chi connectivity index (χ3v) is 7.85. The lowest BCUT2D eigenvalue weighted by Gasteiger charge is -2.35. The number of aromatic nitrogens is 2. The summed E-state index contributed by atoms with van der Waals surface area (Å²) in [6.45, 7) is 3.21. The van der Waals surface area contributed by atoms with Crippen LogP contribution in [-0.2, 0) is 9.59 Å². The average Bonchev–Trinajstić information content (AvgIpc) is 3.41. The molecule has 1 saturated carbocycles. The molecule has 180 valence electrons. The van der Waals surface area contributed by atoms with E-state index in [2.05, 4.69) is 37.4 Å². The summed E-state index contributed by atoms with van der Waals surface area (Å²) in [5, 5.41) is 11.2. The molecule has 7 nitrogen and oxygen atoms in total. The van der Waals surface area contributed by atoms with Gasteiger partial charge in [-0.1, -0.05) is 31.4 Å². The number of nitrogens with zero attached hydrogens (tertiary/aromatic N) is 4. The second-order valence-corrected chi connectivity index (χ2v) is 10.1. The first kappa shape index (κ1) is 22.8. The van der Waals surface area contributed by atoms with E-state index in [-0.39, 0.29) is 17.7 Å². The van der Waals surface area contributed by atoms with Crippen molar-refractivity contribution in [2.45, 2.75) is 57.3 Å². The van der Waals surface area contributed by atoms with E-state index >= 15 is 0 Å². The third-order valence-electron chi connectivity index (χ3n) is 7.85. The van der Waals surface area contributed by atoms with Gasteiger partial charge in [0.1, 0.15) is 0 Å². The molecule has 3 heterocycles. The van der Waals surface area contributed by atoms with Crippen LogP contribution in [0.3, 0.4) is 0 Å². The van der Waals surface area contributed by atoms with Crippen molar-refractivity contribution in [2.24, 2.45) is 11.8 Å². The summed E-state index contributed by atoms with van der Waals surface area (Å²) in [4.78, 5) is 29.8. The maximum atomic E-state index is 12.8. The maximum Gasteiger partial charge on any atom is 0.229 e. The zero-order chi connectivity index (χ0) is 23.3. The molecular weight excluding hydrogens is 426 g/mol. The maximum absolute atomic E-state index is 12.8. The van der Waals surface area contributed by atoms with Gasteiger partial charge < -0.3 is 15.1 Å². The van der Waals surface area contributed by atoms with Gasteiger partial charge in [-0.3, -0.25) is 9.59 Å². The zero-order valence-electron chi connectivity index (χ0n) is 19.9. The molecule has 0 radical (unpaired) electrons. The Bertz CT molecular complexity index is 966. The summed E-state index contributed by atoms with van der Waals surface area (Å²) in [7, 11) is 0. The highest BCUT2D eigenvalue weighted by Gasteiger charge is 2.31. The van der Waals surface area contributed by atoms with Crippen molar-refractivity contribution in [1.82, 2.24) is 15.1 Å². The topological polar surface area (TPSA) is 78.4 Å². The monoisotopic (exact) mass is 461 g/mol. The first-order valence-electron chi connectivity index (χ1n) is 12.9.